The summed E-state index contributed by atoms with van der Waals surface area (Å²) >= 11 is 3.20. The highest BCUT2D eigenvalue weighted by atomic mass is 32.2. The van der Waals surface area contributed by atoms with Crippen LogP contribution in [0.2, 0.25) is 0 Å². The molecule has 1 saturated carbocycles. The van der Waals surface area contributed by atoms with Gasteiger partial charge in [0, 0.05) is 11.7 Å². The molecule has 2 aromatic heterocycles. The average Bonchev–Trinajstić information content (AvgIpc) is 3.16. The number of carboxylic acid groups (broad SMARTS) is 1. The zero-order valence-corrected chi connectivity index (χ0v) is 13.3. The van der Waals surface area contributed by atoms with E-state index in [2.05, 4.69) is 26.8 Å². The molecule has 0 spiro atoms. The second kappa shape index (κ2) is 6.15. The van der Waals surface area contributed by atoms with Crippen molar-refractivity contribution < 1.29 is 9.90 Å². The lowest BCUT2D eigenvalue weighted by Gasteiger charge is -2.09. The van der Waals surface area contributed by atoms with Gasteiger partial charge >= 0.3 is 5.97 Å². The summed E-state index contributed by atoms with van der Waals surface area (Å²) in [5.74, 6) is 1.14. The molecule has 2 heterocycles. The van der Waals surface area contributed by atoms with Crippen LogP contribution in [0.15, 0.2) is 21.9 Å². The van der Waals surface area contributed by atoms with Crippen molar-refractivity contribution in [3.8, 4) is 0 Å². The van der Waals surface area contributed by atoms with Crippen LogP contribution in [0, 0.1) is 6.92 Å². The molecule has 0 amide bonds. The number of carbonyl (C=O) groups is 1. The lowest BCUT2D eigenvalue weighted by atomic mass is 10.2. The first-order valence-corrected chi connectivity index (χ1v) is 8.83. The molecule has 1 fully saturated rings. The summed E-state index contributed by atoms with van der Waals surface area (Å²) in [5, 5.41) is 14.2. The Balaban J connectivity index is 1.79. The predicted octanol–water partition coefficient (Wildman–Crippen LogP) is 3.76. The first-order valence-electron chi connectivity index (χ1n) is 6.91. The smallest absolute Gasteiger partial charge is 0.340 e. The van der Waals surface area contributed by atoms with Crippen LogP contribution in [-0.2, 0) is 6.42 Å². The van der Waals surface area contributed by atoms with Gasteiger partial charge in [0.25, 0.3) is 0 Å². The number of hydrogen-bond acceptors (Lipinski definition) is 5. The molecule has 110 valence electrons. The third-order valence-electron chi connectivity index (χ3n) is 3.44. The maximum atomic E-state index is 11.4. The fourth-order valence-electron chi connectivity index (χ4n) is 2.14. The zero-order chi connectivity index (χ0) is 14.8. The minimum atomic E-state index is -0.937. The van der Waals surface area contributed by atoms with Crippen molar-refractivity contribution in [3.63, 3.8) is 0 Å². The molecule has 1 aliphatic rings. The molecule has 0 aromatic carbocycles. The highest BCUT2D eigenvalue weighted by Gasteiger charge is 2.29. The Morgan fingerprint density at radius 2 is 2.29 bits per heavy atom. The number of thioether (sulfide) groups is 1. The second-order valence-electron chi connectivity index (χ2n) is 5.16. The van der Waals surface area contributed by atoms with Crippen LogP contribution in [0.1, 0.15) is 46.2 Å². The SMILES string of the molecule is Cc1nc(C2CC2)nc(SCCc2ccsc2)c1C(=O)O. The molecular weight excluding hydrogens is 304 g/mol. The number of aryl methyl sites for hydroxylation is 2. The lowest BCUT2D eigenvalue weighted by molar-refractivity contribution is 0.0690. The molecule has 0 saturated heterocycles. The summed E-state index contributed by atoms with van der Waals surface area (Å²) in [4.78, 5) is 20.3. The normalized spacial score (nSPS) is 14.3. The van der Waals surface area contributed by atoms with E-state index >= 15 is 0 Å². The van der Waals surface area contributed by atoms with Crippen LogP contribution >= 0.6 is 23.1 Å². The summed E-state index contributed by atoms with van der Waals surface area (Å²) in [6, 6.07) is 2.10. The van der Waals surface area contributed by atoms with Crippen molar-refractivity contribution in [2.24, 2.45) is 0 Å². The van der Waals surface area contributed by atoms with Gasteiger partial charge in [-0.25, -0.2) is 14.8 Å². The van der Waals surface area contributed by atoms with Crippen molar-refractivity contribution >= 4 is 29.1 Å². The fourth-order valence-corrected chi connectivity index (χ4v) is 3.91. The van der Waals surface area contributed by atoms with Crippen molar-refractivity contribution in [2.45, 2.75) is 37.1 Å². The van der Waals surface area contributed by atoms with E-state index < -0.39 is 5.97 Å². The van der Waals surface area contributed by atoms with Gasteiger partial charge < -0.3 is 5.11 Å². The number of thiophene rings is 1. The van der Waals surface area contributed by atoms with Crippen LogP contribution in [0.25, 0.3) is 0 Å². The maximum Gasteiger partial charge on any atom is 0.340 e. The molecule has 2 aromatic rings. The average molecular weight is 320 g/mol. The van der Waals surface area contributed by atoms with Crippen LogP contribution in [0.3, 0.4) is 0 Å². The van der Waals surface area contributed by atoms with Gasteiger partial charge in [0.15, 0.2) is 0 Å². The fraction of sp³-hybridized carbons (Fsp3) is 0.400. The van der Waals surface area contributed by atoms with E-state index in [0.29, 0.717) is 16.6 Å². The summed E-state index contributed by atoms with van der Waals surface area (Å²) in [6.07, 6.45) is 3.16. The molecule has 0 aliphatic heterocycles. The van der Waals surface area contributed by atoms with E-state index in [-0.39, 0.29) is 5.56 Å². The Bertz CT molecular complexity index is 652. The van der Waals surface area contributed by atoms with E-state index in [4.69, 9.17) is 0 Å². The standard InChI is InChI=1S/C15H16N2O2S2/c1-9-12(15(18)19)14(17-13(16-9)11-2-3-11)21-7-5-10-4-6-20-8-10/h4,6,8,11H,2-3,5,7H2,1H3,(H,18,19). The first-order chi connectivity index (χ1) is 10.1. The van der Waals surface area contributed by atoms with Crippen LogP contribution < -0.4 is 0 Å². The van der Waals surface area contributed by atoms with Gasteiger partial charge in [-0.1, -0.05) is 0 Å². The highest BCUT2D eigenvalue weighted by molar-refractivity contribution is 7.99. The Morgan fingerprint density at radius 1 is 1.48 bits per heavy atom. The first kappa shape index (κ1) is 14.5. The molecule has 1 N–H and O–H groups in total. The third kappa shape index (κ3) is 3.44. The maximum absolute atomic E-state index is 11.4. The van der Waals surface area contributed by atoms with Crippen molar-refractivity contribution in [1.82, 2.24) is 9.97 Å². The zero-order valence-electron chi connectivity index (χ0n) is 11.7. The van der Waals surface area contributed by atoms with Crippen LogP contribution in [-0.4, -0.2) is 26.8 Å². The van der Waals surface area contributed by atoms with E-state index in [1.165, 1.54) is 17.3 Å². The van der Waals surface area contributed by atoms with Gasteiger partial charge in [0.2, 0.25) is 0 Å². The second-order valence-corrected chi connectivity index (χ2v) is 7.02. The molecule has 0 radical (unpaired) electrons. The van der Waals surface area contributed by atoms with Gasteiger partial charge in [-0.2, -0.15) is 11.3 Å². The molecule has 4 nitrogen and oxygen atoms in total. The van der Waals surface area contributed by atoms with Gasteiger partial charge in [0.1, 0.15) is 16.4 Å². The Labute approximate surface area is 131 Å². The number of aromatic carboxylic acids is 1. The van der Waals surface area contributed by atoms with Crippen molar-refractivity contribution in [2.75, 3.05) is 5.75 Å². The summed E-state index contributed by atoms with van der Waals surface area (Å²) in [6.45, 7) is 1.76. The largest absolute Gasteiger partial charge is 0.478 e. The minimum absolute atomic E-state index is 0.259. The van der Waals surface area contributed by atoms with E-state index in [0.717, 1.165) is 30.8 Å². The predicted molar refractivity (Wildman–Crippen MR) is 84.5 cm³/mol. The number of aromatic nitrogens is 2. The van der Waals surface area contributed by atoms with E-state index in [9.17, 15) is 9.90 Å². The van der Waals surface area contributed by atoms with E-state index in [1.54, 1.807) is 18.3 Å². The number of carboxylic acids is 1. The molecule has 6 heteroatoms. The Hall–Kier alpha value is -1.40. The summed E-state index contributed by atoms with van der Waals surface area (Å²) in [5.41, 5.74) is 2.13. The number of hydrogen-bond donors (Lipinski definition) is 1. The molecule has 21 heavy (non-hydrogen) atoms. The number of nitrogens with zero attached hydrogens (tertiary/aromatic N) is 2. The summed E-state index contributed by atoms with van der Waals surface area (Å²) in [7, 11) is 0. The monoisotopic (exact) mass is 320 g/mol. The molecule has 0 atom stereocenters. The van der Waals surface area contributed by atoms with Crippen molar-refractivity contribution in [1.29, 1.82) is 0 Å². The highest BCUT2D eigenvalue weighted by Crippen LogP contribution is 2.39. The quantitative estimate of drug-likeness (QED) is 0.648. The lowest BCUT2D eigenvalue weighted by Crippen LogP contribution is -2.09. The third-order valence-corrected chi connectivity index (χ3v) is 5.15. The van der Waals surface area contributed by atoms with E-state index in [1.807, 2.05) is 0 Å². The Morgan fingerprint density at radius 3 is 2.90 bits per heavy atom. The van der Waals surface area contributed by atoms with Crippen molar-refractivity contribution in [3.05, 3.63) is 39.5 Å². The van der Waals surface area contributed by atoms with Gasteiger partial charge in [-0.05, 0) is 48.6 Å². The molecular formula is C15H16N2O2S2. The minimum Gasteiger partial charge on any atom is -0.478 e. The number of rotatable bonds is 6. The van der Waals surface area contributed by atoms with Gasteiger partial charge in [-0.15, -0.1) is 11.8 Å². The molecule has 0 unspecified atom stereocenters. The molecule has 0 bridgehead atoms. The van der Waals surface area contributed by atoms with Crippen LogP contribution in [0.5, 0.6) is 0 Å². The topological polar surface area (TPSA) is 63.1 Å². The molecule has 1 aliphatic carbocycles. The van der Waals surface area contributed by atoms with Gasteiger partial charge in [-0.3, -0.25) is 0 Å². The van der Waals surface area contributed by atoms with Crippen LogP contribution in [0.4, 0.5) is 0 Å². The molecule has 3 rings (SSSR count). The summed E-state index contributed by atoms with van der Waals surface area (Å²) < 4.78 is 0. The van der Waals surface area contributed by atoms with Gasteiger partial charge in [0.05, 0.1) is 5.69 Å². The Kier molecular flexibility index (Phi) is 4.26.